The zero-order chi connectivity index (χ0) is 21.4. The van der Waals surface area contributed by atoms with Crippen molar-refractivity contribution in [3.05, 3.63) is 70.5 Å². The van der Waals surface area contributed by atoms with E-state index in [4.69, 9.17) is 9.68 Å². The summed E-state index contributed by atoms with van der Waals surface area (Å²) in [5, 5.41) is 9.72. The van der Waals surface area contributed by atoms with Gasteiger partial charge in [-0.2, -0.15) is 0 Å². The molecular formula is C20H20F3N3O3. The Hall–Kier alpha value is -3.36. The highest BCUT2D eigenvalue weighted by Crippen LogP contribution is 2.18. The molecule has 0 heterocycles. The monoisotopic (exact) mass is 407 g/mol. The van der Waals surface area contributed by atoms with E-state index < -0.39 is 23.9 Å². The summed E-state index contributed by atoms with van der Waals surface area (Å²) in [5.74, 6) is -1.15. The Morgan fingerprint density at radius 2 is 1.90 bits per heavy atom. The molecular weight excluding hydrogens is 387 g/mol. The van der Waals surface area contributed by atoms with Gasteiger partial charge in [-0.05, 0) is 24.6 Å². The van der Waals surface area contributed by atoms with E-state index in [1.807, 2.05) is 0 Å². The van der Waals surface area contributed by atoms with Crippen LogP contribution in [-0.2, 0) is 21.1 Å². The molecule has 154 valence electrons. The number of aryl methyl sites for hydroxylation is 1. The van der Waals surface area contributed by atoms with Crippen LogP contribution >= 0.6 is 0 Å². The lowest BCUT2D eigenvalue weighted by Crippen LogP contribution is -2.29. The zero-order valence-electron chi connectivity index (χ0n) is 16.1. The lowest BCUT2D eigenvalue weighted by Gasteiger charge is -2.13. The lowest BCUT2D eigenvalue weighted by molar-refractivity contribution is -0.114. The molecule has 6 nitrogen and oxygen atoms in total. The number of rotatable bonds is 8. The Bertz CT molecular complexity index is 930. The molecule has 0 aliphatic carbocycles. The standard InChI is InChI=1S/C20H20F3N3O3/c1-12-6-4-9-15(18(25-28-3)20(27)24-2)16(12)11-29-26-17(19(22)23)13-7-5-8-14(21)10-13/h4-10,19H,11H2,1-3H3,(H,24,27)/b25-18+,26-17-. The molecule has 0 radical (unpaired) electrons. The number of oxime groups is 2. The largest absolute Gasteiger partial charge is 0.398 e. The van der Waals surface area contributed by atoms with E-state index in [9.17, 15) is 18.0 Å². The number of carbonyl (C=O) groups is 1. The second-order valence-electron chi connectivity index (χ2n) is 5.86. The Balaban J connectivity index is 2.35. The van der Waals surface area contributed by atoms with Gasteiger partial charge >= 0.3 is 0 Å². The van der Waals surface area contributed by atoms with Gasteiger partial charge < -0.3 is 15.0 Å². The molecule has 29 heavy (non-hydrogen) atoms. The molecule has 0 fully saturated rings. The fourth-order valence-corrected chi connectivity index (χ4v) is 2.57. The van der Waals surface area contributed by atoms with Gasteiger partial charge in [0.05, 0.1) is 0 Å². The highest BCUT2D eigenvalue weighted by molar-refractivity contribution is 6.45. The average Bonchev–Trinajstić information content (AvgIpc) is 2.69. The van der Waals surface area contributed by atoms with Gasteiger partial charge in [0.15, 0.2) is 11.4 Å². The van der Waals surface area contributed by atoms with Crippen LogP contribution in [0.3, 0.4) is 0 Å². The summed E-state index contributed by atoms with van der Waals surface area (Å²) < 4.78 is 40.1. The number of alkyl halides is 2. The van der Waals surface area contributed by atoms with Gasteiger partial charge in [-0.3, -0.25) is 4.79 Å². The van der Waals surface area contributed by atoms with Crippen molar-refractivity contribution in [2.24, 2.45) is 10.3 Å². The maximum atomic E-state index is 13.4. The number of carbonyl (C=O) groups excluding carboxylic acids is 1. The molecule has 0 aromatic heterocycles. The summed E-state index contributed by atoms with van der Waals surface area (Å²) in [5.41, 5.74) is 0.873. The molecule has 0 aliphatic rings. The van der Waals surface area contributed by atoms with Crippen molar-refractivity contribution in [3.8, 4) is 0 Å². The number of nitrogens with one attached hydrogen (secondary N) is 1. The minimum atomic E-state index is -2.97. The smallest absolute Gasteiger partial charge is 0.284 e. The van der Waals surface area contributed by atoms with Gasteiger partial charge in [-0.1, -0.05) is 40.6 Å². The Kier molecular flexibility index (Phi) is 7.76. The van der Waals surface area contributed by atoms with Crippen LogP contribution in [0.5, 0.6) is 0 Å². The van der Waals surface area contributed by atoms with Gasteiger partial charge in [0.25, 0.3) is 12.3 Å². The molecule has 0 spiro atoms. The van der Waals surface area contributed by atoms with Crippen LogP contribution in [0, 0.1) is 12.7 Å². The molecule has 2 aromatic carbocycles. The third-order valence-electron chi connectivity index (χ3n) is 3.99. The summed E-state index contributed by atoms with van der Waals surface area (Å²) in [6, 6.07) is 9.81. The SMILES string of the molecule is CNC(=O)/C(=N/OC)c1cccc(C)c1CO/N=C(/c1cccc(F)c1)C(F)F. The Labute approximate surface area is 166 Å². The second-order valence-corrected chi connectivity index (χ2v) is 5.86. The van der Waals surface area contributed by atoms with Crippen LogP contribution < -0.4 is 5.32 Å². The van der Waals surface area contributed by atoms with Crippen molar-refractivity contribution in [1.29, 1.82) is 0 Å². The normalized spacial score (nSPS) is 12.1. The zero-order valence-corrected chi connectivity index (χ0v) is 16.1. The van der Waals surface area contributed by atoms with E-state index >= 15 is 0 Å². The summed E-state index contributed by atoms with van der Waals surface area (Å²) >= 11 is 0. The van der Waals surface area contributed by atoms with E-state index in [0.29, 0.717) is 11.1 Å². The van der Waals surface area contributed by atoms with Crippen molar-refractivity contribution < 1.29 is 27.6 Å². The third kappa shape index (κ3) is 5.56. The molecule has 0 aliphatic heterocycles. The fraction of sp³-hybridized carbons (Fsp3) is 0.250. The van der Waals surface area contributed by atoms with Crippen LogP contribution in [0.4, 0.5) is 13.2 Å². The molecule has 0 bridgehead atoms. The first kappa shape index (κ1) is 21.9. The predicted molar refractivity (Wildman–Crippen MR) is 103 cm³/mol. The van der Waals surface area contributed by atoms with Gasteiger partial charge in [0, 0.05) is 23.7 Å². The number of likely N-dealkylation sites (N-methyl/N-ethyl adjacent to an activating group) is 1. The molecule has 1 amide bonds. The van der Waals surface area contributed by atoms with Crippen molar-refractivity contribution in [3.63, 3.8) is 0 Å². The highest BCUT2D eigenvalue weighted by Gasteiger charge is 2.20. The van der Waals surface area contributed by atoms with Crippen LogP contribution in [0.25, 0.3) is 0 Å². The molecule has 1 N–H and O–H groups in total. The number of amides is 1. The predicted octanol–water partition coefficient (Wildman–Crippen LogP) is 3.42. The highest BCUT2D eigenvalue weighted by atomic mass is 19.3. The molecule has 0 saturated heterocycles. The van der Waals surface area contributed by atoms with Crippen LogP contribution in [-0.4, -0.2) is 37.9 Å². The maximum Gasteiger partial charge on any atom is 0.284 e. The molecule has 2 aromatic rings. The van der Waals surface area contributed by atoms with Crippen molar-refractivity contribution in [2.45, 2.75) is 20.0 Å². The first-order valence-electron chi connectivity index (χ1n) is 8.55. The Morgan fingerprint density at radius 3 is 2.52 bits per heavy atom. The first-order valence-corrected chi connectivity index (χ1v) is 8.55. The average molecular weight is 407 g/mol. The number of benzene rings is 2. The summed E-state index contributed by atoms with van der Waals surface area (Å²) in [7, 11) is 2.74. The minimum Gasteiger partial charge on any atom is -0.398 e. The van der Waals surface area contributed by atoms with E-state index in [1.165, 1.54) is 26.3 Å². The van der Waals surface area contributed by atoms with E-state index in [0.717, 1.165) is 17.7 Å². The van der Waals surface area contributed by atoms with Crippen molar-refractivity contribution in [1.82, 2.24) is 5.32 Å². The molecule has 0 saturated carbocycles. The number of hydrogen-bond donors (Lipinski definition) is 1. The maximum absolute atomic E-state index is 13.4. The quantitative estimate of drug-likeness (QED) is 0.538. The minimum absolute atomic E-state index is 0.000457. The molecule has 9 heteroatoms. The first-order chi connectivity index (χ1) is 13.9. The molecule has 2 rings (SSSR count). The lowest BCUT2D eigenvalue weighted by atomic mass is 9.98. The summed E-state index contributed by atoms with van der Waals surface area (Å²) in [6.45, 7) is 1.55. The Morgan fingerprint density at radius 1 is 1.17 bits per heavy atom. The van der Waals surface area contributed by atoms with Crippen LogP contribution in [0.15, 0.2) is 52.8 Å². The second kappa shape index (κ2) is 10.3. The van der Waals surface area contributed by atoms with E-state index in [-0.39, 0.29) is 17.9 Å². The van der Waals surface area contributed by atoms with Gasteiger partial charge in [0.1, 0.15) is 19.5 Å². The third-order valence-corrected chi connectivity index (χ3v) is 3.99. The number of nitrogens with zero attached hydrogens (tertiary/aromatic N) is 2. The van der Waals surface area contributed by atoms with Gasteiger partial charge in [-0.25, -0.2) is 13.2 Å². The summed E-state index contributed by atoms with van der Waals surface area (Å²) in [4.78, 5) is 22.0. The van der Waals surface area contributed by atoms with E-state index in [2.05, 4.69) is 15.6 Å². The number of halogens is 3. The fourth-order valence-electron chi connectivity index (χ4n) is 2.57. The van der Waals surface area contributed by atoms with Crippen molar-refractivity contribution >= 4 is 17.3 Å². The van der Waals surface area contributed by atoms with Gasteiger partial charge in [-0.15, -0.1) is 0 Å². The van der Waals surface area contributed by atoms with Crippen LogP contribution in [0.2, 0.25) is 0 Å². The molecule has 0 atom stereocenters. The number of hydrogen-bond acceptors (Lipinski definition) is 5. The topological polar surface area (TPSA) is 72.3 Å². The van der Waals surface area contributed by atoms with E-state index in [1.54, 1.807) is 25.1 Å². The summed E-state index contributed by atoms with van der Waals surface area (Å²) in [6.07, 6.45) is -2.97. The van der Waals surface area contributed by atoms with Crippen LogP contribution in [0.1, 0.15) is 22.3 Å². The molecule has 0 unspecified atom stereocenters. The van der Waals surface area contributed by atoms with Gasteiger partial charge in [0.2, 0.25) is 0 Å². The van der Waals surface area contributed by atoms with Crippen molar-refractivity contribution in [2.75, 3.05) is 14.2 Å².